The molecule has 0 saturated heterocycles. The topological polar surface area (TPSA) is 68.3 Å². The molecule has 1 N–H and O–H groups in total. The molecule has 0 amide bonds. The SMILES string of the molecule is CC(C)Oc1ccc(NS(=O)(=O)c2ncccc2F)cc1. The minimum Gasteiger partial charge on any atom is -0.491 e. The van der Waals surface area contributed by atoms with E-state index in [0.717, 1.165) is 6.07 Å². The van der Waals surface area contributed by atoms with Crippen LogP contribution in [0.1, 0.15) is 13.8 Å². The molecule has 7 heteroatoms. The van der Waals surface area contributed by atoms with E-state index in [9.17, 15) is 12.8 Å². The maximum absolute atomic E-state index is 13.5. The van der Waals surface area contributed by atoms with Crippen LogP contribution in [0.25, 0.3) is 0 Å². The molecule has 0 unspecified atom stereocenters. The first-order valence-corrected chi connectivity index (χ1v) is 7.77. The molecule has 1 heterocycles. The third kappa shape index (κ3) is 3.91. The van der Waals surface area contributed by atoms with Crippen LogP contribution in [-0.2, 0) is 10.0 Å². The Bertz CT molecular complexity index is 715. The Hall–Kier alpha value is -2.15. The zero-order valence-electron chi connectivity index (χ0n) is 11.6. The summed E-state index contributed by atoms with van der Waals surface area (Å²) in [5.41, 5.74) is 0.302. The Balaban J connectivity index is 2.19. The number of sulfonamides is 1. The second-order valence-electron chi connectivity index (χ2n) is 4.59. The number of nitrogens with one attached hydrogen (secondary N) is 1. The van der Waals surface area contributed by atoms with Crippen molar-refractivity contribution in [2.45, 2.75) is 25.0 Å². The Labute approximate surface area is 122 Å². The maximum atomic E-state index is 13.5. The molecule has 0 aliphatic heterocycles. The summed E-state index contributed by atoms with van der Waals surface area (Å²) in [6.07, 6.45) is 1.24. The van der Waals surface area contributed by atoms with Gasteiger partial charge in [-0.2, -0.15) is 8.42 Å². The van der Waals surface area contributed by atoms with Gasteiger partial charge in [0.1, 0.15) is 5.75 Å². The van der Waals surface area contributed by atoms with E-state index in [4.69, 9.17) is 4.74 Å². The largest absolute Gasteiger partial charge is 0.491 e. The predicted octanol–water partition coefficient (Wildman–Crippen LogP) is 2.81. The number of benzene rings is 1. The molecule has 112 valence electrons. The predicted molar refractivity (Wildman–Crippen MR) is 77.2 cm³/mol. The second-order valence-corrected chi connectivity index (χ2v) is 6.18. The van der Waals surface area contributed by atoms with E-state index in [2.05, 4.69) is 9.71 Å². The Kier molecular flexibility index (Phi) is 4.42. The summed E-state index contributed by atoms with van der Waals surface area (Å²) < 4.78 is 45.3. The van der Waals surface area contributed by atoms with Crippen LogP contribution < -0.4 is 9.46 Å². The molecule has 0 bridgehead atoms. The van der Waals surface area contributed by atoms with Crippen molar-refractivity contribution in [1.82, 2.24) is 4.98 Å². The molecule has 0 spiro atoms. The molecule has 2 aromatic rings. The van der Waals surface area contributed by atoms with Gasteiger partial charge in [0.05, 0.1) is 6.10 Å². The van der Waals surface area contributed by atoms with Crippen LogP contribution in [0.4, 0.5) is 10.1 Å². The fourth-order valence-electron chi connectivity index (χ4n) is 1.65. The molecule has 0 atom stereocenters. The third-order valence-electron chi connectivity index (χ3n) is 2.46. The van der Waals surface area contributed by atoms with Gasteiger partial charge in [0.25, 0.3) is 10.0 Å². The highest BCUT2D eigenvalue weighted by Crippen LogP contribution is 2.20. The van der Waals surface area contributed by atoms with Crippen molar-refractivity contribution in [2.24, 2.45) is 0 Å². The van der Waals surface area contributed by atoms with Gasteiger partial charge >= 0.3 is 0 Å². The monoisotopic (exact) mass is 310 g/mol. The standard InChI is InChI=1S/C14H15FN2O3S/c1-10(2)20-12-7-5-11(6-8-12)17-21(18,19)14-13(15)4-3-9-16-14/h3-10,17H,1-2H3. The van der Waals surface area contributed by atoms with E-state index in [1.165, 1.54) is 24.4 Å². The molecule has 1 aromatic carbocycles. The van der Waals surface area contributed by atoms with Gasteiger partial charge in [-0.3, -0.25) is 4.72 Å². The molecule has 0 fully saturated rings. The van der Waals surface area contributed by atoms with Crippen LogP contribution in [-0.4, -0.2) is 19.5 Å². The maximum Gasteiger partial charge on any atom is 0.282 e. The van der Waals surface area contributed by atoms with Crippen molar-refractivity contribution in [1.29, 1.82) is 0 Å². The lowest BCUT2D eigenvalue weighted by molar-refractivity contribution is 0.242. The van der Waals surface area contributed by atoms with Gasteiger partial charge < -0.3 is 4.74 Å². The number of rotatable bonds is 5. The fourth-order valence-corrected chi connectivity index (χ4v) is 2.71. The van der Waals surface area contributed by atoms with E-state index >= 15 is 0 Å². The number of anilines is 1. The lowest BCUT2D eigenvalue weighted by Crippen LogP contribution is -2.16. The molecule has 0 radical (unpaired) electrons. The Morgan fingerprint density at radius 1 is 1.19 bits per heavy atom. The quantitative estimate of drug-likeness (QED) is 0.922. The van der Waals surface area contributed by atoms with E-state index in [-0.39, 0.29) is 6.10 Å². The van der Waals surface area contributed by atoms with Crippen LogP contribution in [0, 0.1) is 5.82 Å². The highest BCUT2D eigenvalue weighted by Gasteiger charge is 2.20. The van der Waals surface area contributed by atoms with Crippen molar-refractivity contribution in [3.05, 3.63) is 48.4 Å². The van der Waals surface area contributed by atoms with Gasteiger partial charge in [0.2, 0.25) is 5.03 Å². The zero-order chi connectivity index (χ0) is 15.5. The summed E-state index contributed by atoms with van der Waals surface area (Å²) in [4.78, 5) is 3.55. The van der Waals surface area contributed by atoms with E-state index in [0.29, 0.717) is 11.4 Å². The number of aromatic nitrogens is 1. The first-order chi connectivity index (χ1) is 9.88. The number of hydrogen-bond donors (Lipinski definition) is 1. The van der Waals surface area contributed by atoms with Gasteiger partial charge in [0.15, 0.2) is 5.82 Å². The minimum atomic E-state index is -4.06. The number of ether oxygens (including phenoxy) is 1. The van der Waals surface area contributed by atoms with Crippen LogP contribution in [0.5, 0.6) is 5.75 Å². The summed E-state index contributed by atoms with van der Waals surface area (Å²) in [6.45, 7) is 3.78. The number of pyridine rings is 1. The zero-order valence-corrected chi connectivity index (χ0v) is 12.4. The summed E-state index contributed by atoms with van der Waals surface area (Å²) >= 11 is 0. The third-order valence-corrected chi connectivity index (χ3v) is 3.77. The first-order valence-electron chi connectivity index (χ1n) is 6.28. The number of hydrogen-bond acceptors (Lipinski definition) is 4. The minimum absolute atomic E-state index is 0.0233. The summed E-state index contributed by atoms with van der Waals surface area (Å²) in [5, 5.41) is -0.632. The van der Waals surface area contributed by atoms with Crippen molar-refractivity contribution in [3.63, 3.8) is 0 Å². The van der Waals surface area contributed by atoms with Crippen LogP contribution >= 0.6 is 0 Å². The van der Waals surface area contributed by atoms with E-state index in [1.807, 2.05) is 13.8 Å². The van der Waals surface area contributed by atoms with Gasteiger partial charge in [0, 0.05) is 11.9 Å². The normalized spacial score (nSPS) is 11.4. The highest BCUT2D eigenvalue weighted by molar-refractivity contribution is 7.92. The molecule has 0 aliphatic carbocycles. The lowest BCUT2D eigenvalue weighted by atomic mass is 10.3. The first kappa shape index (κ1) is 15.2. The number of nitrogens with zero attached hydrogens (tertiary/aromatic N) is 1. The fraction of sp³-hybridized carbons (Fsp3) is 0.214. The molecule has 5 nitrogen and oxygen atoms in total. The summed E-state index contributed by atoms with van der Waals surface area (Å²) in [6, 6.07) is 8.71. The Morgan fingerprint density at radius 3 is 2.43 bits per heavy atom. The molecular weight excluding hydrogens is 295 g/mol. The molecular formula is C14H15FN2O3S. The molecule has 1 aromatic heterocycles. The van der Waals surface area contributed by atoms with Crippen LogP contribution in [0.3, 0.4) is 0 Å². The van der Waals surface area contributed by atoms with Crippen molar-refractivity contribution in [2.75, 3.05) is 4.72 Å². The average molecular weight is 310 g/mol. The van der Waals surface area contributed by atoms with Gasteiger partial charge in [-0.25, -0.2) is 9.37 Å². The Morgan fingerprint density at radius 2 is 1.86 bits per heavy atom. The number of halogens is 1. The van der Waals surface area contributed by atoms with Crippen molar-refractivity contribution in [3.8, 4) is 5.75 Å². The molecule has 0 saturated carbocycles. The van der Waals surface area contributed by atoms with E-state index in [1.54, 1.807) is 12.1 Å². The van der Waals surface area contributed by atoms with Crippen LogP contribution in [0.15, 0.2) is 47.6 Å². The summed E-state index contributed by atoms with van der Waals surface area (Å²) in [7, 11) is -4.06. The molecule has 21 heavy (non-hydrogen) atoms. The lowest BCUT2D eigenvalue weighted by Gasteiger charge is -2.11. The second kappa shape index (κ2) is 6.09. The molecule has 0 aliphatic rings. The molecule has 2 rings (SSSR count). The van der Waals surface area contributed by atoms with Gasteiger partial charge in [-0.05, 0) is 50.2 Å². The summed E-state index contributed by atoms with van der Waals surface area (Å²) in [5.74, 6) is -0.276. The van der Waals surface area contributed by atoms with E-state index < -0.39 is 20.9 Å². The average Bonchev–Trinajstić information content (AvgIpc) is 2.40. The van der Waals surface area contributed by atoms with Crippen molar-refractivity contribution >= 4 is 15.7 Å². The van der Waals surface area contributed by atoms with Crippen LogP contribution in [0.2, 0.25) is 0 Å². The highest BCUT2D eigenvalue weighted by atomic mass is 32.2. The smallest absolute Gasteiger partial charge is 0.282 e. The van der Waals surface area contributed by atoms with Gasteiger partial charge in [-0.1, -0.05) is 0 Å². The van der Waals surface area contributed by atoms with Gasteiger partial charge in [-0.15, -0.1) is 0 Å². The van der Waals surface area contributed by atoms with Crippen molar-refractivity contribution < 1.29 is 17.5 Å².